The Morgan fingerprint density at radius 2 is 1.77 bits per heavy atom. The van der Waals surface area contributed by atoms with E-state index in [9.17, 15) is 14.4 Å². The van der Waals surface area contributed by atoms with Gasteiger partial charge in [0.2, 0.25) is 5.91 Å². The van der Waals surface area contributed by atoms with Gasteiger partial charge in [0.05, 0.1) is 6.42 Å². The van der Waals surface area contributed by atoms with Crippen molar-refractivity contribution >= 4 is 23.5 Å². The minimum absolute atomic E-state index is 0.0839. The van der Waals surface area contributed by atoms with Crippen molar-refractivity contribution in [3.05, 3.63) is 29.8 Å². The Bertz CT molecular complexity index is 621. The van der Waals surface area contributed by atoms with Crippen molar-refractivity contribution < 1.29 is 19.1 Å². The summed E-state index contributed by atoms with van der Waals surface area (Å²) < 4.78 is 5.23. The summed E-state index contributed by atoms with van der Waals surface area (Å²) in [5.41, 5.74) is 1.43. The number of anilines is 1. The normalized spacial score (nSPS) is 15.8. The van der Waals surface area contributed by atoms with Crippen LogP contribution in [-0.4, -0.2) is 30.4 Å². The maximum atomic E-state index is 12.1. The SMILES string of the molecule is CC(=O)Nc1ccc(CC(=O)O[C@@H](C)C(=O)NCC2CCCCC2)cc1. The van der Waals surface area contributed by atoms with Gasteiger partial charge in [0.1, 0.15) is 0 Å². The molecule has 2 rings (SSSR count). The molecule has 0 unspecified atom stereocenters. The van der Waals surface area contributed by atoms with Crippen LogP contribution < -0.4 is 10.6 Å². The van der Waals surface area contributed by atoms with Crippen molar-refractivity contribution in [2.75, 3.05) is 11.9 Å². The summed E-state index contributed by atoms with van der Waals surface area (Å²) in [6, 6.07) is 6.95. The highest BCUT2D eigenvalue weighted by atomic mass is 16.5. The number of nitrogens with one attached hydrogen (secondary N) is 2. The summed E-state index contributed by atoms with van der Waals surface area (Å²) in [6.45, 7) is 3.69. The molecule has 0 spiro atoms. The number of esters is 1. The lowest BCUT2D eigenvalue weighted by molar-refractivity contribution is -0.154. The Kier molecular flexibility index (Phi) is 7.63. The number of hydrogen-bond donors (Lipinski definition) is 2. The maximum absolute atomic E-state index is 12.1. The van der Waals surface area contributed by atoms with Crippen LogP contribution >= 0.6 is 0 Å². The predicted octanol–water partition coefficient (Wildman–Crippen LogP) is 2.82. The molecule has 0 radical (unpaired) electrons. The number of rotatable bonds is 7. The second-order valence-electron chi connectivity index (χ2n) is 6.94. The third-order valence-corrected chi connectivity index (χ3v) is 4.59. The highest BCUT2D eigenvalue weighted by Crippen LogP contribution is 2.22. The molecule has 0 bridgehead atoms. The molecule has 0 aliphatic heterocycles. The second-order valence-corrected chi connectivity index (χ2v) is 6.94. The van der Waals surface area contributed by atoms with Crippen LogP contribution in [0.25, 0.3) is 0 Å². The van der Waals surface area contributed by atoms with Crippen LogP contribution in [0.1, 0.15) is 51.5 Å². The van der Waals surface area contributed by atoms with E-state index in [0.717, 1.165) is 18.4 Å². The maximum Gasteiger partial charge on any atom is 0.311 e. The largest absolute Gasteiger partial charge is 0.452 e. The molecular formula is C20H28N2O4. The van der Waals surface area contributed by atoms with Gasteiger partial charge in [-0.05, 0) is 43.4 Å². The van der Waals surface area contributed by atoms with E-state index in [1.807, 2.05) is 0 Å². The van der Waals surface area contributed by atoms with Crippen LogP contribution in [0.3, 0.4) is 0 Å². The number of benzene rings is 1. The van der Waals surface area contributed by atoms with E-state index in [0.29, 0.717) is 18.2 Å². The summed E-state index contributed by atoms with van der Waals surface area (Å²) in [6.07, 6.45) is 5.33. The average Bonchev–Trinajstić information content (AvgIpc) is 2.61. The molecule has 6 heteroatoms. The first kappa shape index (κ1) is 19.9. The standard InChI is InChI=1S/C20H28N2O4/c1-14(20(25)21-13-17-6-4-3-5-7-17)26-19(24)12-16-8-10-18(11-9-16)22-15(2)23/h8-11,14,17H,3-7,12-13H2,1-2H3,(H,21,25)(H,22,23)/t14-/m0/s1. The molecule has 0 heterocycles. The summed E-state index contributed by atoms with van der Waals surface area (Å²) >= 11 is 0. The fourth-order valence-electron chi connectivity index (χ4n) is 3.15. The van der Waals surface area contributed by atoms with E-state index in [-0.39, 0.29) is 18.2 Å². The fraction of sp³-hybridized carbons (Fsp3) is 0.550. The first-order valence-corrected chi connectivity index (χ1v) is 9.27. The van der Waals surface area contributed by atoms with Gasteiger partial charge in [-0.2, -0.15) is 0 Å². The van der Waals surface area contributed by atoms with Gasteiger partial charge in [-0.1, -0.05) is 31.4 Å². The Morgan fingerprint density at radius 3 is 2.38 bits per heavy atom. The van der Waals surface area contributed by atoms with Gasteiger partial charge in [0.25, 0.3) is 5.91 Å². The van der Waals surface area contributed by atoms with E-state index in [1.165, 1.54) is 26.2 Å². The van der Waals surface area contributed by atoms with E-state index in [2.05, 4.69) is 10.6 Å². The lowest BCUT2D eigenvalue weighted by Crippen LogP contribution is -2.39. The Morgan fingerprint density at radius 1 is 1.12 bits per heavy atom. The van der Waals surface area contributed by atoms with Crippen molar-refractivity contribution in [1.29, 1.82) is 0 Å². The van der Waals surface area contributed by atoms with E-state index < -0.39 is 12.1 Å². The fourth-order valence-corrected chi connectivity index (χ4v) is 3.15. The topological polar surface area (TPSA) is 84.5 Å². The first-order chi connectivity index (χ1) is 12.4. The number of amides is 2. The highest BCUT2D eigenvalue weighted by molar-refractivity contribution is 5.88. The molecule has 0 aromatic heterocycles. The monoisotopic (exact) mass is 360 g/mol. The third-order valence-electron chi connectivity index (χ3n) is 4.59. The quantitative estimate of drug-likeness (QED) is 0.732. The first-order valence-electron chi connectivity index (χ1n) is 9.27. The molecule has 1 atom stereocenters. The smallest absolute Gasteiger partial charge is 0.311 e. The van der Waals surface area contributed by atoms with Crippen LogP contribution in [0.15, 0.2) is 24.3 Å². The van der Waals surface area contributed by atoms with Gasteiger partial charge >= 0.3 is 5.97 Å². The van der Waals surface area contributed by atoms with Gasteiger partial charge in [0, 0.05) is 19.2 Å². The summed E-state index contributed by atoms with van der Waals surface area (Å²) in [7, 11) is 0. The van der Waals surface area contributed by atoms with Gasteiger partial charge in [-0.3, -0.25) is 14.4 Å². The van der Waals surface area contributed by atoms with Crippen molar-refractivity contribution in [3.63, 3.8) is 0 Å². The summed E-state index contributed by atoms with van der Waals surface area (Å²) in [4.78, 5) is 35.1. The van der Waals surface area contributed by atoms with E-state index >= 15 is 0 Å². The lowest BCUT2D eigenvalue weighted by atomic mass is 9.89. The zero-order valence-corrected chi connectivity index (χ0v) is 15.5. The summed E-state index contributed by atoms with van der Waals surface area (Å²) in [5, 5.41) is 5.56. The lowest BCUT2D eigenvalue weighted by Gasteiger charge is -2.22. The van der Waals surface area contributed by atoms with Gasteiger partial charge in [-0.15, -0.1) is 0 Å². The molecule has 1 aromatic rings. The van der Waals surface area contributed by atoms with Gasteiger partial charge < -0.3 is 15.4 Å². The Hall–Kier alpha value is -2.37. The molecule has 1 fully saturated rings. The molecule has 6 nitrogen and oxygen atoms in total. The molecule has 1 saturated carbocycles. The van der Waals surface area contributed by atoms with Gasteiger partial charge in [-0.25, -0.2) is 0 Å². The zero-order chi connectivity index (χ0) is 18.9. The molecule has 2 N–H and O–H groups in total. The molecule has 1 aliphatic carbocycles. The number of hydrogen-bond acceptors (Lipinski definition) is 4. The van der Waals surface area contributed by atoms with E-state index in [4.69, 9.17) is 4.74 Å². The van der Waals surface area contributed by atoms with Crippen molar-refractivity contribution in [2.24, 2.45) is 5.92 Å². The van der Waals surface area contributed by atoms with Crippen LogP contribution in [0.4, 0.5) is 5.69 Å². The van der Waals surface area contributed by atoms with Crippen LogP contribution in [-0.2, 0) is 25.5 Å². The average molecular weight is 360 g/mol. The predicted molar refractivity (Wildman–Crippen MR) is 99.6 cm³/mol. The van der Waals surface area contributed by atoms with Gasteiger partial charge in [0.15, 0.2) is 6.10 Å². The number of carbonyl (C=O) groups is 3. The van der Waals surface area contributed by atoms with Crippen molar-refractivity contribution in [2.45, 2.75) is 58.5 Å². The van der Waals surface area contributed by atoms with Crippen LogP contribution in [0.5, 0.6) is 0 Å². The zero-order valence-electron chi connectivity index (χ0n) is 15.5. The molecule has 2 amide bonds. The molecule has 26 heavy (non-hydrogen) atoms. The molecule has 1 aromatic carbocycles. The highest BCUT2D eigenvalue weighted by Gasteiger charge is 2.20. The van der Waals surface area contributed by atoms with Crippen molar-refractivity contribution in [3.8, 4) is 0 Å². The Labute approximate surface area is 154 Å². The van der Waals surface area contributed by atoms with Crippen LogP contribution in [0, 0.1) is 5.92 Å². The molecule has 1 aliphatic rings. The Balaban J connectivity index is 1.73. The third kappa shape index (κ3) is 6.86. The number of carbonyl (C=O) groups excluding carboxylic acids is 3. The van der Waals surface area contributed by atoms with Crippen LogP contribution in [0.2, 0.25) is 0 Å². The second kappa shape index (κ2) is 9.94. The molecule has 142 valence electrons. The number of ether oxygens (including phenoxy) is 1. The minimum Gasteiger partial charge on any atom is -0.452 e. The minimum atomic E-state index is -0.801. The molecule has 0 saturated heterocycles. The molecular weight excluding hydrogens is 332 g/mol. The summed E-state index contributed by atoms with van der Waals surface area (Å²) in [5.74, 6) is -0.300. The van der Waals surface area contributed by atoms with Crippen molar-refractivity contribution in [1.82, 2.24) is 5.32 Å². The van der Waals surface area contributed by atoms with E-state index in [1.54, 1.807) is 31.2 Å².